The number of halogens is 1. The lowest BCUT2D eigenvalue weighted by atomic mass is 10.2. The monoisotopic (exact) mass is 294 g/mol. The van der Waals surface area contributed by atoms with Crippen LogP contribution in [-0.4, -0.2) is 28.5 Å². The summed E-state index contributed by atoms with van der Waals surface area (Å²) in [6.45, 7) is 1.12. The number of benzene rings is 1. The molecule has 1 amide bonds. The van der Waals surface area contributed by atoms with Crippen molar-refractivity contribution in [3.63, 3.8) is 0 Å². The van der Waals surface area contributed by atoms with E-state index in [4.69, 9.17) is 21.1 Å². The molecule has 1 heterocycles. The normalized spacial score (nSPS) is 10.3. The van der Waals surface area contributed by atoms with Gasteiger partial charge in [-0.05, 0) is 31.2 Å². The molecule has 104 valence electrons. The first kappa shape index (κ1) is 14.1. The Morgan fingerprint density at radius 3 is 2.50 bits per heavy atom. The van der Waals surface area contributed by atoms with E-state index in [2.05, 4.69) is 4.98 Å². The fraction of sp³-hybridized carbons (Fsp3) is 0.154. The van der Waals surface area contributed by atoms with Crippen molar-refractivity contribution in [3.8, 4) is 0 Å². The number of hydrogen-bond donors (Lipinski definition) is 1. The molecule has 0 aliphatic rings. The Kier molecular flexibility index (Phi) is 4.05. The summed E-state index contributed by atoms with van der Waals surface area (Å²) in [5.74, 6) is -1.68. The minimum Gasteiger partial charge on any atom is -0.480 e. The SMILES string of the molecule is Cc1ncoc1C(=O)N(CC(=O)O)c1ccc(Cl)cc1. The molecule has 0 atom stereocenters. The van der Waals surface area contributed by atoms with Crippen LogP contribution in [0.1, 0.15) is 16.2 Å². The molecule has 0 radical (unpaired) electrons. The third-order valence-corrected chi connectivity index (χ3v) is 2.87. The maximum atomic E-state index is 12.3. The predicted molar refractivity (Wildman–Crippen MR) is 72.0 cm³/mol. The van der Waals surface area contributed by atoms with Crippen LogP contribution in [0.3, 0.4) is 0 Å². The average Bonchev–Trinajstić information content (AvgIpc) is 2.82. The third kappa shape index (κ3) is 2.97. The zero-order chi connectivity index (χ0) is 14.7. The summed E-state index contributed by atoms with van der Waals surface area (Å²) >= 11 is 5.78. The summed E-state index contributed by atoms with van der Waals surface area (Å²) < 4.78 is 5.01. The van der Waals surface area contributed by atoms with Gasteiger partial charge in [0.15, 0.2) is 6.39 Å². The van der Waals surface area contributed by atoms with Crippen molar-refractivity contribution in [2.75, 3.05) is 11.4 Å². The second-order valence-electron chi connectivity index (χ2n) is 4.03. The Labute approximate surface area is 119 Å². The van der Waals surface area contributed by atoms with Gasteiger partial charge in [-0.1, -0.05) is 11.6 Å². The molecule has 0 aliphatic carbocycles. The van der Waals surface area contributed by atoms with E-state index < -0.39 is 18.4 Å². The van der Waals surface area contributed by atoms with E-state index in [9.17, 15) is 9.59 Å². The van der Waals surface area contributed by atoms with Crippen molar-refractivity contribution in [2.45, 2.75) is 6.92 Å². The molecular weight excluding hydrogens is 284 g/mol. The average molecular weight is 295 g/mol. The number of oxazole rings is 1. The predicted octanol–water partition coefficient (Wildman–Crippen LogP) is 2.37. The van der Waals surface area contributed by atoms with Gasteiger partial charge < -0.3 is 9.52 Å². The van der Waals surface area contributed by atoms with Crippen LogP contribution in [0.2, 0.25) is 5.02 Å². The van der Waals surface area contributed by atoms with E-state index >= 15 is 0 Å². The number of carbonyl (C=O) groups excluding carboxylic acids is 1. The number of carboxylic acids is 1. The Morgan fingerprint density at radius 1 is 1.35 bits per heavy atom. The van der Waals surface area contributed by atoms with Gasteiger partial charge in [-0.3, -0.25) is 14.5 Å². The van der Waals surface area contributed by atoms with Crippen molar-refractivity contribution in [2.24, 2.45) is 0 Å². The molecule has 6 nitrogen and oxygen atoms in total. The molecule has 0 spiro atoms. The lowest BCUT2D eigenvalue weighted by molar-refractivity contribution is -0.135. The number of amides is 1. The Balaban J connectivity index is 2.37. The first-order valence-corrected chi connectivity index (χ1v) is 6.06. The van der Waals surface area contributed by atoms with E-state index in [0.717, 1.165) is 11.3 Å². The lowest BCUT2D eigenvalue weighted by Gasteiger charge is -2.19. The van der Waals surface area contributed by atoms with Gasteiger partial charge in [0, 0.05) is 10.7 Å². The zero-order valence-corrected chi connectivity index (χ0v) is 11.3. The smallest absolute Gasteiger partial charge is 0.323 e. The largest absolute Gasteiger partial charge is 0.480 e. The number of anilines is 1. The molecule has 0 aliphatic heterocycles. The van der Waals surface area contributed by atoms with Crippen molar-refractivity contribution in [1.82, 2.24) is 4.98 Å². The fourth-order valence-corrected chi connectivity index (χ4v) is 1.79. The van der Waals surface area contributed by atoms with E-state index in [0.29, 0.717) is 16.4 Å². The second-order valence-corrected chi connectivity index (χ2v) is 4.46. The highest BCUT2D eigenvalue weighted by atomic mass is 35.5. The molecule has 20 heavy (non-hydrogen) atoms. The third-order valence-electron chi connectivity index (χ3n) is 2.62. The van der Waals surface area contributed by atoms with Crippen molar-refractivity contribution >= 4 is 29.2 Å². The molecule has 0 bridgehead atoms. The first-order chi connectivity index (χ1) is 9.49. The van der Waals surface area contributed by atoms with Crippen LogP contribution in [0, 0.1) is 6.92 Å². The molecule has 0 saturated heterocycles. The topological polar surface area (TPSA) is 83.6 Å². The van der Waals surface area contributed by atoms with Crippen LogP contribution < -0.4 is 4.90 Å². The number of carbonyl (C=O) groups is 2. The zero-order valence-electron chi connectivity index (χ0n) is 10.5. The van der Waals surface area contributed by atoms with Crippen LogP contribution >= 0.6 is 11.6 Å². The number of carboxylic acid groups (broad SMARTS) is 1. The molecule has 2 aromatic rings. The Morgan fingerprint density at radius 2 is 2.00 bits per heavy atom. The highest BCUT2D eigenvalue weighted by molar-refractivity contribution is 6.30. The molecule has 1 aromatic carbocycles. The highest BCUT2D eigenvalue weighted by Gasteiger charge is 2.24. The molecule has 2 rings (SSSR count). The van der Waals surface area contributed by atoms with Gasteiger partial charge in [-0.2, -0.15) is 0 Å². The summed E-state index contributed by atoms with van der Waals surface area (Å²) in [7, 11) is 0. The van der Waals surface area contributed by atoms with Gasteiger partial charge in [0.05, 0.1) is 5.69 Å². The highest BCUT2D eigenvalue weighted by Crippen LogP contribution is 2.21. The van der Waals surface area contributed by atoms with E-state index in [1.54, 1.807) is 31.2 Å². The quantitative estimate of drug-likeness (QED) is 0.936. The van der Waals surface area contributed by atoms with Crippen molar-refractivity contribution in [1.29, 1.82) is 0 Å². The summed E-state index contributed by atoms with van der Waals surface area (Å²) in [5.41, 5.74) is 0.817. The molecule has 0 saturated carbocycles. The van der Waals surface area contributed by atoms with Crippen LogP contribution in [0.25, 0.3) is 0 Å². The summed E-state index contributed by atoms with van der Waals surface area (Å²) in [5, 5.41) is 9.44. The minimum absolute atomic E-state index is 0.0150. The van der Waals surface area contributed by atoms with Gasteiger partial charge in [0.25, 0.3) is 5.91 Å². The Hall–Kier alpha value is -2.34. The number of hydrogen-bond acceptors (Lipinski definition) is 4. The van der Waals surface area contributed by atoms with Crippen LogP contribution in [0.4, 0.5) is 5.69 Å². The maximum Gasteiger partial charge on any atom is 0.323 e. The number of rotatable bonds is 4. The van der Waals surface area contributed by atoms with Crippen LogP contribution in [0.15, 0.2) is 35.1 Å². The molecule has 1 N–H and O–H groups in total. The van der Waals surface area contributed by atoms with E-state index in [1.165, 1.54) is 0 Å². The summed E-state index contributed by atoms with van der Waals surface area (Å²) in [4.78, 5) is 28.2. The molecule has 1 aromatic heterocycles. The Bertz CT molecular complexity index is 636. The number of aliphatic carboxylic acids is 1. The second kappa shape index (κ2) is 5.75. The molecule has 7 heteroatoms. The van der Waals surface area contributed by atoms with Crippen molar-refractivity contribution in [3.05, 3.63) is 47.1 Å². The van der Waals surface area contributed by atoms with Crippen LogP contribution in [0.5, 0.6) is 0 Å². The number of aromatic nitrogens is 1. The summed E-state index contributed by atoms with van der Waals surface area (Å²) in [6.07, 6.45) is 1.14. The van der Waals surface area contributed by atoms with Gasteiger partial charge in [0.1, 0.15) is 6.54 Å². The van der Waals surface area contributed by atoms with Crippen LogP contribution in [-0.2, 0) is 4.79 Å². The van der Waals surface area contributed by atoms with Gasteiger partial charge in [0.2, 0.25) is 5.76 Å². The maximum absolute atomic E-state index is 12.3. The van der Waals surface area contributed by atoms with Gasteiger partial charge >= 0.3 is 5.97 Å². The first-order valence-electron chi connectivity index (χ1n) is 5.68. The van der Waals surface area contributed by atoms with Crippen molar-refractivity contribution < 1.29 is 19.1 Å². The standard InChI is InChI=1S/C13H11ClN2O4/c1-8-12(20-7-15-8)13(19)16(6-11(17)18)10-4-2-9(14)3-5-10/h2-5,7H,6H2,1H3,(H,17,18). The lowest BCUT2D eigenvalue weighted by Crippen LogP contribution is -2.35. The van der Waals surface area contributed by atoms with Gasteiger partial charge in [-0.15, -0.1) is 0 Å². The molecule has 0 unspecified atom stereocenters. The summed E-state index contributed by atoms with van der Waals surface area (Å²) in [6, 6.07) is 6.28. The van der Waals surface area contributed by atoms with Gasteiger partial charge in [-0.25, -0.2) is 4.98 Å². The number of nitrogens with zero attached hydrogens (tertiary/aromatic N) is 2. The van der Waals surface area contributed by atoms with E-state index in [1.807, 2.05) is 0 Å². The fourth-order valence-electron chi connectivity index (χ4n) is 1.67. The molecular formula is C13H11ClN2O4. The van der Waals surface area contributed by atoms with E-state index in [-0.39, 0.29) is 5.76 Å². The minimum atomic E-state index is -1.13. The molecule has 0 fully saturated rings. The number of aryl methyl sites for hydroxylation is 1.